The number of carbonyl (C=O) groups is 1. The molecule has 0 N–H and O–H groups in total. The van der Waals surface area contributed by atoms with Crippen LogP contribution in [0.2, 0.25) is 0 Å². The first-order valence-corrected chi connectivity index (χ1v) is 6.69. The molecule has 0 aliphatic carbocycles. The van der Waals surface area contributed by atoms with Crippen LogP contribution in [-0.2, 0) is 9.53 Å². The van der Waals surface area contributed by atoms with Gasteiger partial charge in [0.2, 0.25) is 5.91 Å². The lowest BCUT2D eigenvalue weighted by atomic mass is 9.80. The third-order valence-electron chi connectivity index (χ3n) is 3.60. The molecule has 0 aromatic carbocycles. The van der Waals surface area contributed by atoms with Crippen molar-refractivity contribution < 1.29 is 9.53 Å². The van der Waals surface area contributed by atoms with Crippen LogP contribution in [0.25, 0.3) is 0 Å². The van der Waals surface area contributed by atoms with E-state index in [1.54, 1.807) is 0 Å². The van der Waals surface area contributed by atoms with Gasteiger partial charge < -0.3 is 9.64 Å². The van der Waals surface area contributed by atoms with Crippen molar-refractivity contribution in [1.29, 1.82) is 0 Å². The fraction of sp³-hybridized carbons (Fsp3) is 0.929. The third-order valence-corrected chi connectivity index (χ3v) is 3.60. The first kappa shape index (κ1) is 14.5. The van der Waals surface area contributed by atoms with E-state index >= 15 is 0 Å². The largest absolute Gasteiger partial charge is 0.381 e. The molecule has 0 aromatic heterocycles. The van der Waals surface area contributed by atoms with Crippen LogP contribution in [0.1, 0.15) is 47.5 Å². The van der Waals surface area contributed by atoms with Crippen molar-refractivity contribution in [1.82, 2.24) is 4.90 Å². The van der Waals surface area contributed by atoms with Gasteiger partial charge in [0.25, 0.3) is 0 Å². The summed E-state index contributed by atoms with van der Waals surface area (Å²) in [5, 5.41) is 0. The zero-order valence-electron chi connectivity index (χ0n) is 12.0. The highest BCUT2D eigenvalue weighted by Crippen LogP contribution is 2.31. The summed E-state index contributed by atoms with van der Waals surface area (Å²) >= 11 is 0. The summed E-state index contributed by atoms with van der Waals surface area (Å²) < 4.78 is 5.06. The van der Waals surface area contributed by atoms with Crippen LogP contribution in [0.3, 0.4) is 0 Å². The standard InChI is InChI=1S/C7H13NO.C7H14O/c1-6(2)8-5-3-4-7(8)9;1-7(2,3)6-4-8-5-6/h6H,3-5H2,1-2H3;6H,4-5H2,1-3H3. The molecule has 2 rings (SSSR count). The molecule has 0 saturated carbocycles. The predicted molar refractivity (Wildman–Crippen MR) is 69.8 cm³/mol. The Bertz CT molecular complexity index is 251. The highest BCUT2D eigenvalue weighted by atomic mass is 16.5. The molecule has 3 heteroatoms. The van der Waals surface area contributed by atoms with E-state index in [1.165, 1.54) is 0 Å². The second-order valence-corrected chi connectivity index (χ2v) is 6.38. The Labute approximate surface area is 106 Å². The second-order valence-electron chi connectivity index (χ2n) is 6.38. The number of amides is 1. The minimum absolute atomic E-state index is 0.324. The molecule has 2 aliphatic rings. The smallest absolute Gasteiger partial charge is 0.222 e. The van der Waals surface area contributed by atoms with E-state index in [-0.39, 0.29) is 0 Å². The average molecular weight is 241 g/mol. The zero-order valence-corrected chi connectivity index (χ0v) is 12.0. The fourth-order valence-corrected chi connectivity index (χ4v) is 1.95. The molecule has 0 atom stereocenters. The lowest BCUT2D eigenvalue weighted by molar-refractivity contribution is -0.129. The Morgan fingerprint density at radius 3 is 2.00 bits per heavy atom. The number of nitrogens with zero attached hydrogens (tertiary/aromatic N) is 1. The lowest BCUT2D eigenvalue weighted by Gasteiger charge is -2.37. The van der Waals surface area contributed by atoms with Crippen molar-refractivity contribution in [2.45, 2.75) is 53.5 Å². The molecule has 2 heterocycles. The molecule has 0 spiro atoms. The molecule has 0 radical (unpaired) electrons. The highest BCUT2D eigenvalue weighted by Gasteiger charge is 2.30. The topological polar surface area (TPSA) is 29.5 Å². The van der Waals surface area contributed by atoms with Crippen molar-refractivity contribution in [3.63, 3.8) is 0 Å². The Kier molecular flexibility index (Phi) is 4.99. The van der Waals surface area contributed by atoms with Crippen molar-refractivity contribution in [2.75, 3.05) is 19.8 Å². The molecule has 0 aromatic rings. The number of carbonyl (C=O) groups excluding carboxylic acids is 1. The van der Waals surface area contributed by atoms with E-state index in [4.69, 9.17) is 4.74 Å². The van der Waals surface area contributed by atoms with E-state index in [2.05, 4.69) is 34.6 Å². The van der Waals surface area contributed by atoms with Crippen molar-refractivity contribution in [3.8, 4) is 0 Å². The molecule has 3 nitrogen and oxygen atoms in total. The van der Waals surface area contributed by atoms with Gasteiger partial charge in [-0.3, -0.25) is 4.79 Å². The number of hydrogen-bond donors (Lipinski definition) is 0. The van der Waals surface area contributed by atoms with Crippen molar-refractivity contribution in [3.05, 3.63) is 0 Å². The Morgan fingerprint density at radius 1 is 1.29 bits per heavy atom. The first-order valence-electron chi connectivity index (χ1n) is 6.69. The fourth-order valence-electron chi connectivity index (χ4n) is 1.95. The van der Waals surface area contributed by atoms with E-state index in [9.17, 15) is 4.79 Å². The molecule has 0 bridgehead atoms. The molecular formula is C14H27NO2. The lowest BCUT2D eigenvalue weighted by Crippen LogP contribution is -2.37. The molecule has 100 valence electrons. The summed E-state index contributed by atoms with van der Waals surface area (Å²) in [6.07, 6.45) is 1.81. The van der Waals surface area contributed by atoms with Gasteiger partial charge in [0, 0.05) is 24.9 Å². The van der Waals surface area contributed by atoms with Gasteiger partial charge in [-0.05, 0) is 25.7 Å². The van der Waals surface area contributed by atoms with E-state index in [1.807, 2.05) is 4.90 Å². The van der Waals surface area contributed by atoms with Crippen LogP contribution in [0.15, 0.2) is 0 Å². The average Bonchev–Trinajstić information content (AvgIpc) is 2.45. The quantitative estimate of drug-likeness (QED) is 0.706. The van der Waals surface area contributed by atoms with Crippen molar-refractivity contribution >= 4 is 5.91 Å². The van der Waals surface area contributed by atoms with E-state index in [0.717, 1.165) is 38.5 Å². The van der Waals surface area contributed by atoms with Crippen LogP contribution in [-0.4, -0.2) is 36.6 Å². The monoisotopic (exact) mass is 241 g/mol. The van der Waals surface area contributed by atoms with Gasteiger partial charge in [-0.15, -0.1) is 0 Å². The third kappa shape index (κ3) is 4.30. The van der Waals surface area contributed by atoms with E-state index < -0.39 is 0 Å². The molecule has 2 fully saturated rings. The maximum atomic E-state index is 10.9. The molecule has 17 heavy (non-hydrogen) atoms. The van der Waals surface area contributed by atoms with Gasteiger partial charge in [0.1, 0.15) is 0 Å². The molecule has 2 aliphatic heterocycles. The SMILES string of the molecule is CC(C)(C)C1COC1.CC(C)N1CCCC1=O. The summed E-state index contributed by atoms with van der Waals surface area (Å²) in [7, 11) is 0. The van der Waals surface area contributed by atoms with E-state index in [0.29, 0.717) is 17.4 Å². The van der Waals surface area contributed by atoms with Gasteiger partial charge in [-0.2, -0.15) is 0 Å². The van der Waals surface area contributed by atoms with Crippen LogP contribution < -0.4 is 0 Å². The van der Waals surface area contributed by atoms with Crippen molar-refractivity contribution in [2.24, 2.45) is 11.3 Å². The van der Waals surface area contributed by atoms with Crippen LogP contribution in [0.5, 0.6) is 0 Å². The minimum Gasteiger partial charge on any atom is -0.381 e. The molecular weight excluding hydrogens is 214 g/mol. The summed E-state index contributed by atoms with van der Waals surface area (Å²) in [4.78, 5) is 12.9. The predicted octanol–water partition coefficient (Wildman–Crippen LogP) is 2.70. The summed E-state index contributed by atoms with van der Waals surface area (Å²) in [6.45, 7) is 13.8. The maximum Gasteiger partial charge on any atom is 0.222 e. The Balaban J connectivity index is 0.000000171. The van der Waals surface area contributed by atoms with Crippen LogP contribution >= 0.6 is 0 Å². The van der Waals surface area contributed by atoms with Gasteiger partial charge in [-0.1, -0.05) is 20.8 Å². The Hall–Kier alpha value is -0.570. The second kappa shape index (κ2) is 5.85. The highest BCUT2D eigenvalue weighted by molar-refractivity contribution is 5.78. The zero-order chi connectivity index (χ0) is 13.1. The summed E-state index contributed by atoms with van der Waals surface area (Å²) in [5.74, 6) is 1.13. The van der Waals surface area contributed by atoms with Gasteiger partial charge >= 0.3 is 0 Å². The Morgan fingerprint density at radius 2 is 1.88 bits per heavy atom. The van der Waals surface area contributed by atoms with Gasteiger partial charge in [0.15, 0.2) is 0 Å². The normalized spacial score (nSPS) is 21.3. The summed E-state index contributed by atoms with van der Waals surface area (Å²) in [5.41, 5.74) is 0.470. The van der Waals surface area contributed by atoms with Gasteiger partial charge in [-0.25, -0.2) is 0 Å². The maximum absolute atomic E-state index is 10.9. The van der Waals surface area contributed by atoms with Crippen LogP contribution in [0.4, 0.5) is 0 Å². The number of likely N-dealkylation sites (tertiary alicyclic amines) is 1. The van der Waals surface area contributed by atoms with Crippen LogP contribution in [0, 0.1) is 11.3 Å². The molecule has 0 unspecified atom stereocenters. The molecule has 2 saturated heterocycles. The number of ether oxygens (including phenoxy) is 1. The summed E-state index contributed by atoms with van der Waals surface area (Å²) in [6, 6.07) is 0.403. The number of rotatable bonds is 1. The molecule has 1 amide bonds. The first-order chi connectivity index (χ1) is 7.82. The minimum atomic E-state index is 0.324. The number of hydrogen-bond acceptors (Lipinski definition) is 2. The van der Waals surface area contributed by atoms with Gasteiger partial charge in [0.05, 0.1) is 13.2 Å².